The molecular formula is C25H28BF2N3O3. The lowest BCUT2D eigenvalue weighted by atomic mass is 9.71. The van der Waals surface area contributed by atoms with Gasteiger partial charge >= 0.3 is 0 Å². The van der Waals surface area contributed by atoms with Crippen LogP contribution in [-0.4, -0.2) is 45.7 Å². The molecule has 2 aromatic carbocycles. The predicted molar refractivity (Wildman–Crippen MR) is 128 cm³/mol. The SMILES string of the molecule is Bc1c([C@H]2CNCC[C@]2(OC)c2ccc(F)c(F)c2)noc1-c1ccccc1CCNC(C)=O. The van der Waals surface area contributed by atoms with E-state index in [9.17, 15) is 13.6 Å². The molecule has 1 aromatic heterocycles. The minimum Gasteiger partial charge on any atom is -0.373 e. The molecular weight excluding hydrogens is 439 g/mol. The van der Waals surface area contributed by atoms with Crippen LogP contribution in [0.25, 0.3) is 11.3 Å². The highest BCUT2D eigenvalue weighted by atomic mass is 19.2. The van der Waals surface area contributed by atoms with E-state index in [1.54, 1.807) is 13.2 Å². The van der Waals surface area contributed by atoms with E-state index in [-0.39, 0.29) is 11.8 Å². The number of aromatic nitrogens is 1. The maximum absolute atomic E-state index is 14.2. The molecule has 1 aliphatic heterocycles. The third-order valence-electron chi connectivity index (χ3n) is 6.68. The molecule has 2 heterocycles. The summed E-state index contributed by atoms with van der Waals surface area (Å²) in [6.45, 7) is 3.22. The highest BCUT2D eigenvalue weighted by Crippen LogP contribution is 2.44. The van der Waals surface area contributed by atoms with Crippen molar-refractivity contribution < 1.29 is 22.8 Å². The Labute approximate surface area is 198 Å². The molecule has 178 valence electrons. The number of hydrogen-bond acceptors (Lipinski definition) is 5. The fourth-order valence-electron chi connectivity index (χ4n) is 4.90. The second-order valence-corrected chi connectivity index (χ2v) is 8.64. The van der Waals surface area contributed by atoms with Crippen molar-refractivity contribution in [2.45, 2.75) is 31.3 Å². The molecule has 1 saturated heterocycles. The van der Waals surface area contributed by atoms with Gasteiger partial charge in [-0.15, -0.1) is 0 Å². The van der Waals surface area contributed by atoms with E-state index >= 15 is 0 Å². The Morgan fingerprint density at radius 3 is 2.82 bits per heavy atom. The van der Waals surface area contributed by atoms with E-state index in [4.69, 9.17) is 9.26 Å². The maximum Gasteiger partial charge on any atom is 0.216 e. The number of methoxy groups -OCH3 is 1. The fraction of sp³-hybridized carbons (Fsp3) is 0.360. The van der Waals surface area contributed by atoms with Gasteiger partial charge in [-0.3, -0.25) is 4.79 Å². The van der Waals surface area contributed by atoms with Gasteiger partial charge < -0.3 is 19.9 Å². The van der Waals surface area contributed by atoms with Gasteiger partial charge in [-0.25, -0.2) is 8.78 Å². The third-order valence-corrected chi connectivity index (χ3v) is 6.68. The number of hydrogen-bond donors (Lipinski definition) is 2. The van der Waals surface area contributed by atoms with Crippen molar-refractivity contribution in [3.8, 4) is 11.3 Å². The Kier molecular flexibility index (Phi) is 7.14. The quantitative estimate of drug-likeness (QED) is 0.521. The van der Waals surface area contributed by atoms with Crippen LogP contribution in [0.4, 0.5) is 8.78 Å². The minimum atomic E-state index is -0.906. The first-order chi connectivity index (χ1) is 16.4. The average Bonchev–Trinajstić information content (AvgIpc) is 3.21. The van der Waals surface area contributed by atoms with E-state index in [1.165, 1.54) is 13.0 Å². The van der Waals surface area contributed by atoms with Gasteiger partial charge in [-0.2, -0.15) is 0 Å². The predicted octanol–water partition coefficient (Wildman–Crippen LogP) is 2.18. The molecule has 1 amide bonds. The first-order valence-electron chi connectivity index (χ1n) is 11.4. The number of benzene rings is 2. The van der Waals surface area contributed by atoms with Gasteiger partial charge in [0, 0.05) is 38.6 Å². The summed E-state index contributed by atoms with van der Waals surface area (Å²) in [5.41, 5.74) is 3.20. The van der Waals surface area contributed by atoms with Crippen molar-refractivity contribution in [1.29, 1.82) is 0 Å². The van der Waals surface area contributed by atoms with E-state index in [0.29, 0.717) is 49.5 Å². The van der Waals surface area contributed by atoms with Crippen molar-refractivity contribution in [3.63, 3.8) is 0 Å². The van der Waals surface area contributed by atoms with Crippen molar-refractivity contribution in [1.82, 2.24) is 15.8 Å². The molecule has 4 rings (SSSR count). The molecule has 3 aromatic rings. The van der Waals surface area contributed by atoms with Crippen LogP contribution < -0.4 is 16.1 Å². The van der Waals surface area contributed by atoms with Gasteiger partial charge in [0.2, 0.25) is 5.91 Å². The van der Waals surface area contributed by atoms with Crippen LogP contribution in [0.3, 0.4) is 0 Å². The number of carbonyl (C=O) groups is 1. The van der Waals surface area contributed by atoms with E-state index in [2.05, 4.69) is 15.8 Å². The number of ether oxygens (including phenoxy) is 1. The zero-order valence-electron chi connectivity index (χ0n) is 19.6. The molecule has 6 nitrogen and oxygen atoms in total. The number of nitrogens with zero attached hydrogens (tertiary/aromatic N) is 1. The molecule has 2 atom stereocenters. The average molecular weight is 467 g/mol. The Hall–Kier alpha value is -3.04. The number of piperidine rings is 1. The summed E-state index contributed by atoms with van der Waals surface area (Å²) < 4.78 is 39.7. The van der Waals surface area contributed by atoms with E-state index in [0.717, 1.165) is 22.7 Å². The lowest BCUT2D eigenvalue weighted by Gasteiger charge is -2.43. The maximum atomic E-state index is 14.2. The first kappa shape index (κ1) is 24.1. The summed E-state index contributed by atoms with van der Waals surface area (Å²) >= 11 is 0. The minimum absolute atomic E-state index is 0.0754. The highest BCUT2D eigenvalue weighted by molar-refractivity contribution is 6.36. The van der Waals surface area contributed by atoms with Crippen molar-refractivity contribution in [2.24, 2.45) is 0 Å². The third kappa shape index (κ3) is 4.50. The molecule has 0 bridgehead atoms. The zero-order chi connectivity index (χ0) is 24.3. The van der Waals surface area contributed by atoms with Crippen molar-refractivity contribution in [3.05, 3.63) is 70.9 Å². The number of halogens is 2. The molecule has 0 unspecified atom stereocenters. The topological polar surface area (TPSA) is 76.4 Å². The van der Waals surface area contributed by atoms with Crippen LogP contribution >= 0.6 is 0 Å². The number of carbonyl (C=O) groups excluding carboxylic acids is 1. The molecule has 0 aliphatic carbocycles. The summed E-state index contributed by atoms with van der Waals surface area (Å²) in [4.78, 5) is 11.3. The summed E-state index contributed by atoms with van der Waals surface area (Å²) in [5, 5.41) is 10.6. The number of nitrogens with one attached hydrogen (secondary N) is 2. The second-order valence-electron chi connectivity index (χ2n) is 8.64. The van der Waals surface area contributed by atoms with Gasteiger partial charge in [0.1, 0.15) is 13.4 Å². The van der Waals surface area contributed by atoms with Crippen LogP contribution in [0.15, 0.2) is 47.0 Å². The van der Waals surface area contributed by atoms with E-state index in [1.807, 2.05) is 32.1 Å². The fourth-order valence-corrected chi connectivity index (χ4v) is 4.90. The number of rotatable bonds is 7. The Morgan fingerprint density at radius 2 is 2.09 bits per heavy atom. The van der Waals surface area contributed by atoms with E-state index < -0.39 is 17.2 Å². The monoisotopic (exact) mass is 467 g/mol. The molecule has 0 saturated carbocycles. The Morgan fingerprint density at radius 1 is 1.29 bits per heavy atom. The molecule has 34 heavy (non-hydrogen) atoms. The molecule has 9 heteroatoms. The van der Waals surface area contributed by atoms with Gasteiger partial charge in [0.05, 0.1) is 5.69 Å². The standard InChI is InChI=1S/C25H28BF2N3O3/c1-15(32)30-11-9-16-5-3-4-6-18(16)24-22(26)23(31-34-24)19-14-29-12-10-25(19,33-2)17-7-8-20(27)21(28)13-17/h3-8,13,19,29H,9-12,14,26H2,1-2H3,(H,30,32)/t19-,25+/m1/s1. The van der Waals surface area contributed by atoms with Gasteiger partial charge in [-0.05, 0) is 48.1 Å². The first-order valence-corrected chi connectivity index (χ1v) is 11.4. The smallest absolute Gasteiger partial charge is 0.216 e. The van der Waals surface area contributed by atoms with Crippen LogP contribution in [0.1, 0.15) is 36.1 Å². The molecule has 2 N–H and O–H groups in total. The summed E-state index contributed by atoms with van der Waals surface area (Å²) in [7, 11) is 3.54. The largest absolute Gasteiger partial charge is 0.373 e. The Balaban J connectivity index is 1.73. The van der Waals surface area contributed by atoms with Crippen LogP contribution in [0.2, 0.25) is 0 Å². The summed E-state index contributed by atoms with van der Waals surface area (Å²) in [6.07, 6.45) is 1.21. The van der Waals surface area contributed by atoms with Crippen LogP contribution in [-0.2, 0) is 21.6 Å². The molecule has 0 radical (unpaired) electrons. The summed E-state index contributed by atoms with van der Waals surface area (Å²) in [6, 6.07) is 11.8. The van der Waals surface area contributed by atoms with Crippen molar-refractivity contribution in [2.75, 3.05) is 26.7 Å². The van der Waals surface area contributed by atoms with Gasteiger partial charge in [0.25, 0.3) is 0 Å². The highest BCUT2D eigenvalue weighted by Gasteiger charge is 2.46. The van der Waals surface area contributed by atoms with Crippen LogP contribution in [0.5, 0.6) is 0 Å². The lowest BCUT2D eigenvalue weighted by molar-refractivity contribution is -0.118. The Bertz CT molecular complexity index is 1190. The molecule has 0 spiro atoms. The number of amides is 1. The zero-order valence-corrected chi connectivity index (χ0v) is 19.6. The molecule has 1 fully saturated rings. The van der Waals surface area contributed by atoms with Gasteiger partial charge in [0.15, 0.2) is 17.4 Å². The summed E-state index contributed by atoms with van der Waals surface area (Å²) in [5.74, 6) is -1.50. The normalized spacial score (nSPS) is 20.3. The second kappa shape index (κ2) is 10.1. The van der Waals surface area contributed by atoms with Crippen molar-refractivity contribution >= 4 is 19.2 Å². The molecule has 1 aliphatic rings. The lowest BCUT2D eigenvalue weighted by Crippen LogP contribution is -2.49. The van der Waals surface area contributed by atoms with Gasteiger partial charge in [-0.1, -0.05) is 35.5 Å². The van der Waals surface area contributed by atoms with Crippen LogP contribution in [0, 0.1) is 11.6 Å².